The van der Waals surface area contributed by atoms with Crippen LogP contribution in [0.15, 0.2) is 24.4 Å². The third kappa shape index (κ3) is 2.73. The van der Waals surface area contributed by atoms with E-state index in [1.165, 1.54) is 11.1 Å². The number of hydrogen-bond acceptors (Lipinski definition) is 2. The minimum atomic E-state index is 0.932. The maximum absolute atomic E-state index is 4.54. The quantitative estimate of drug-likeness (QED) is 0.880. The number of imidazole rings is 1. The van der Waals surface area contributed by atoms with Crippen molar-refractivity contribution in [3.8, 4) is 0 Å². The van der Waals surface area contributed by atoms with Gasteiger partial charge in [-0.25, -0.2) is 4.98 Å². The normalized spacial score (nSPS) is 10.7. The van der Waals surface area contributed by atoms with Crippen LogP contribution in [0, 0.1) is 20.8 Å². The summed E-state index contributed by atoms with van der Waals surface area (Å²) in [6.07, 6.45) is 3.20. The van der Waals surface area contributed by atoms with Gasteiger partial charge in [-0.1, -0.05) is 24.6 Å². The van der Waals surface area contributed by atoms with Crippen LogP contribution in [0.5, 0.6) is 0 Å². The summed E-state index contributed by atoms with van der Waals surface area (Å²) in [6.45, 7) is 9.43. The standard InChI is InChI=1S/C15H21N3/c1-5-8-18-10-13(4)16-15(18)17-14-7-6-11(2)9-12(14)3/h6-7,9-10H,5,8H2,1-4H3,(H,16,17). The number of nitrogens with zero attached hydrogens (tertiary/aromatic N) is 2. The Bertz CT molecular complexity index is 541. The average Bonchev–Trinajstić information content (AvgIpc) is 2.64. The molecule has 18 heavy (non-hydrogen) atoms. The molecule has 1 aromatic heterocycles. The molecule has 0 spiro atoms. The van der Waals surface area contributed by atoms with Gasteiger partial charge in [0.2, 0.25) is 5.95 Å². The van der Waals surface area contributed by atoms with E-state index >= 15 is 0 Å². The second-order valence-electron chi connectivity index (χ2n) is 4.84. The highest BCUT2D eigenvalue weighted by atomic mass is 15.2. The molecule has 0 bridgehead atoms. The van der Waals surface area contributed by atoms with E-state index in [9.17, 15) is 0 Å². The Morgan fingerprint density at radius 1 is 1.22 bits per heavy atom. The maximum atomic E-state index is 4.54. The predicted molar refractivity (Wildman–Crippen MR) is 76.5 cm³/mol. The Balaban J connectivity index is 2.27. The van der Waals surface area contributed by atoms with Crippen molar-refractivity contribution in [2.45, 2.75) is 40.7 Å². The summed E-state index contributed by atoms with van der Waals surface area (Å²) in [6, 6.07) is 6.42. The smallest absolute Gasteiger partial charge is 0.207 e. The molecule has 0 radical (unpaired) electrons. The number of benzene rings is 1. The molecule has 0 unspecified atom stereocenters. The summed E-state index contributed by atoms with van der Waals surface area (Å²) in [4.78, 5) is 4.54. The van der Waals surface area contributed by atoms with E-state index in [1.54, 1.807) is 0 Å². The molecule has 0 saturated carbocycles. The Morgan fingerprint density at radius 3 is 2.67 bits per heavy atom. The van der Waals surface area contributed by atoms with Crippen LogP contribution in [-0.2, 0) is 6.54 Å². The lowest BCUT2D eigenvalue weighted by Crippen LogP contribution is -2.03. The van der Waals surface area contributed by atoms with Gasteiger partial charge in [-0.3, -0.25) is 0 Å². The first kappa shape index (κ1) is 12.7. The number of hydrogen-bond donors (Lipinski definition) is 1. The molecule has 0 atom stereocenters. The highest BCUT2D eigenvalue weighted by molar-refractivity contribution is 5.59. The Labute approximate surface area is 109 Å². The zero-order chi connectivity index (χ0) is 13.1. The SMILES string of the molecule is CCCn1cc(C)nc1Nc1ccc(C)cc1C. The molecule has 3 nitrogen and oxygen atoms in total. The fraction of sp³-hybridized carbons (Fsp3) is 0.400. The average molecular weight is 243 g/mol. The molecule has 96 valence electrons. The van der Waals surface area contributed by atoms with Gasteiger partial charge >= 0.3 is 0 Å². The van der Waals surface area contributed by atoms with Gasteiger partial charge in [0.05, 0.1) is 5.69 Å². The van der Waals surface area contributed by atoms with E-state index in [0.717, 1.165) is 30.3 Å². The van der Waals surface area contributed by atoms with Crippen LogP contribution in [0.4, 0.5) is 11.6 Å². The number of aryl methyl sites for hydroxylation is 4. The number of anilines is 2. The summed E-state index contributed by atoms with van der Waals surface area (Å²) >= 11 is 0. The Morgan fingerprint density at radius 2 is 2.00 bits per heavy atom. The minimum absolute atomic E-state index is 0.932. The summed E-state index contributed by atoms with van der Waals surface area (Å²) in [7, 11) is 0. The molecular weight excluding hydrogens is 222 g/mol. The van der Waals surface area contributed by atoms with Crippen LogP contribution < -0.4 is 5.32 Å². The van der Waals surface area contributed by atoms with E-state index < -0.39 is 0 Å². The second-order valence-corrected chi connectivity index (χ2v) is 4.84. The van der Waals surface area contributed by atoms with Crippen molar-refractivity contribution in [3.63, 3.8) is 0 Å². The molecule has 1 N–H and O–H groups in total. The second kappa shape index (κ2) is 5.25. The Hall–Kier alpha value is -1.77. The van der Waals surface area contributed by atoms with Gasteiger partial charge in [-0.05, 0) is 38.8 Å². The first-order valence-corrected chi connectivity index (χ1v) is 6.48. The molecule has 0 aliphatic rings. The minimum Gasteiger partial charge on any atom is -0.325 e. The number of nitrogens with one attached hydrogen (secondary N) is 1. The monoisotopic (exact) mass is 243 g/mol. The molecule has 1 heterocycles. The van der Waals surface area contributed by atoms with Gasteiger partial charge in [0.1, 0.15) is 0 Å². The van der Waals surface area contributed by atoms with Gasteiger partial charge in [-0.15, -0.1) is 0 Å². The zero-order valence-electron chi connectivity index (χ0n) is 11.6. The summed E-state index contributed by atoms with van der Waals surface area (Å²) in [5.41, 5.74) is 4.71. The van der Waals surface area contributed by atoms with Gasteiger partial charge in [0.25, 0.3) is 0 Å². The van der Waals surface area contributed by atoms with Crippen molar-refractivity contribution in [1.82, 2.24) is 9.55 Å². The lowest BCUT2D eigenvalue weighted by molar-refractivity contribution is 0.686. The van der Waals surface area contributed by atoms with Crippen LogP contribution in [0.2, 0.25) is 0 Å². The van der Waals surface area contributed by atoms with Crippen LogP contribution in [0.25, 0.3) is 0 Å². The molecule has 0 amide bonds. The molecule has 0 aliphatic heterocycles. The number of rotatable bonds is 4. The fourth-order valence-electron chi connectivity index (χ4n) is 2.13. The molecule has 2 rings (SSSR count). The first-order chi connectivity index (χ1) is 8.60. The maximum Gasteiger partial charge on any atom is 0.207 e. The molecule has 0 aliphatic carbocycles. The van der Waals surface area contributed by atoms with E-state index in [0.29, 0.717) is 0 Å². The third-order valence-corrected chi connectivity index (χ3v) is 2.99. The topological polar surface area (TPSA) is 29.9 Å². The van der Waals surface area contributed by atoms with E-state index in [2.05, 4.69) is 60.0 Å². The fourth-order valence-corrected chi connectivity index (χ4v) is 2.13. The van der Waals surface area contributed by atoms with Gasteiger partial charge < -0.3 is 9.88 Å². The first-order valence-electron chi connectivity index (χ1n) is 6.48. The van der Waals surface area contributed by atoms with E-state index in [4.69, 9.17) is 0 Å². The van der Waals surface area contributed by atoms with Crippen LogP contribution >= 0.6 is 0 Å². The Kier molecular flexibility index (Phi) is 3.70. The van der Waals surface area contributed by atoms with Gasteiger partial charge in [0, 0.05) is 18.4 Å². The van der Waals surface area contributed by atoms with Crippen molar-refractivity contribution >= 4 is 11.6 Å². The highest BCUT2D eigenvalue weighted by Crippen LogP contribution is 2.21. The molecule has 0 fully saturated rings. The van der Waals surface area contributed by atoms with Crippen molar-refractivity contribution < 1.29 is 0 Å². The van der Waals surface area contributed by atoms with E-state index in [1.807, 2.05) is 6.92 Å². The van der Waals surface area contributed by atoms with Crippen LogP contribution in [0.3, 0.4) is 0 Å². The van der Waals surface area contributed by atoms with Crippen LogP contribution in [0.1, 0.15) is 30.2 Å². The molecule has 2 aromatic rings. The van der Waals surface area contributed by atoms with Gasteiger partial charge in [0.15, 0.2) is 0 Å². The van der Waals surface area contributed by atoms with Crippen molar-refractivity contribution in [1.29, 1.82) is 0 Å². The van der Waals surface area contributed by atoms with Crippen molar-refractivity contribution in [2.24, 2.45) is 0 Å². The zero-order valence-corrected chi connectivity index (χ0v) is 11.6. The largest absolute Gasteiger partial charge is 0.325 e. The summed E-state index contributed by atoms with van der Waals surface area (Å²) < 4.78 is 2.18. The summed E-state index contributed by atoms with van der Waals surface area (Å²) in [5, 5.41) is 3.43. The van der Waals surface area contributed by atoms with Gasteiger partial charge in [-0.2, -0.15) is 0 Å². The molecule has 0 saturated heterocycles. The predicted octanol–water partition coefficient (Wildman–Crippen LogP) is 3.96. The lowest BCUT2D eigenvalue weighted by atomic mass is 10.1. The molecular formula is C15H21N3. The third-order valence-electron chi connectivity index (χ3n) is 2.99. The summed E-state index contributed by atoms with van der Waals surface area (Å²) in [5.74, 6) is 0.932. The van der Waals surface area contributed by atoms with Crippen molar-refractivity contribution in [3.05, 3.63) is 41.2 Å². The molecule has 3 heteroatoms. The number of aromatic nitrogens is 2. The highest BCUT2D eigenvalue weighted by Gasteiger charge is 2.06. The molecule has 1 aromatic carbocycles. The van der Waals surface area contributed by atoms with Crippen LogP contribution in [-0.4, -0.2) is 9.55 Å². The van der Waals surface area contributed by atoms with Crippen molar-refractivity contribution in [2.75, 3.05) is 5.32 Å². The van der Waals surface area contributed by atoms with E-state index in [-0.39, 0.29) is 0 Å². The lowest BCUT2D eigenvalue weighted by Gasteiger charge is -2.11.